The van der Waals surface area contributed by atoms with E-state index in [0.717, 1.165) is 25.7 Å². The van der Waals surface area contributed by atoms with Crippen molar-refractivity contribution in [2.45, 2.75) is 38.1 Å². The fourth-order valence-electron chi connectivity index (χ4n) is 2.60. The molecule has 0 radical (unpaired) electrons. The molecule has 3 nitrogen and oxygen atoms in total. The van der Waals surface area contributed by atoms with Gasteiger partial charge in [0.25, 0.3) is 0 Å². The molecule has 2 atom stereocenters. The summed E-state index contributed by atoms with van der Waals surface area (Å²) in [6.45, 7) is 1.90. The van der Waals surface area contributed by atoms with Crippen molar-refractivity contribution in [2.75, 3.05) is 5.32 Å². The molecule has 0 spiro atoms. The Kier molecular flexibility index (Phi) is 5.98. The monoisotopic (exact) mass is 364 g/mol. The SMILES string of the molecule is CC1(N)CCCCC1C(=O)Nc1ccc(Br)cc1F.Cl. The molecule has 1 aliphatic rings. The maximum absolute atomic E-state index is 13.7. The Morgan fingerprint density at radius 2 is 2.20 bits per heavy atom. The van der Waals surface area contributed by atoms with Crippen molar-refractivity contribution in [1.29, 1.82) is 0 Å². The Bertz CT molecular complexity index is 496. The molecular formula is C14H19BrClFN2O. The molecule has 1 fully saturated rings. The molecule has 1 aromatic carbocycles. The first-order valence-corrected chi connectivity index (χ1v) is 7.24. The molecule has 0 heterocycles. The number of rotatable bonds is 2. The second-order valence-electron chi connectivity index (χ2n) is 5.42. The summed E-state index contributed by atoms with van der Waals surface area (Å²) in [5.74, 6) is -0.896. The van der Waals surface area contributed by atoms with E-state index in [4.69, 9.17) is 5.73 Å². The summed E-state index contributed by atoms with van der Waals surface area (Å²) in [6, 6.07) is 4.58. The molecule has 1 aromatic rings. The summed E-state index contributed by atoms with van der Waals surface area (Å²) in [5, 5.41) is 2.65. The van der Waals surface area contributed by atoms with Crippen LogP contribution in [0.4, 0.5) is 10.1 Å². The second-order valence-corrected chi connectivity index (χ2v) is 6.33. The number of amides is 1. The number of hydrogen-bond donors (Lipinski definition) is 2. The average molecular weight is 366 g/mol. The van der Waals surface area contributed by atoms with Crippen molar-refractivity contribution in [3.63, 3.8) is 0 Å². The van der Waals surface area contributed by atoms with E-state index in [9.17, 15) is 9.18 Å². The van der Waals surface area contributed by atoms with Crippen molar-refractivity contribution >= 4 is 39.9 Å². The number of hydrogen-bond acceptors (Lipinski definition) is 2. The third-order valence-electron chi connectivity index (χ3n) is 3.76. The van der Waals surface area contributed by atoms with E-state index in [0.29, 0.717) is 4.47 Å². The molecule has 6 heteroatoms. The van der Waals surface area contributed by atoms with E-state index in [1.165, 1.54) is 6.07 Å². The zero-order valence-corrected chi connectivity index (χ0v) is 13.7. The topological polar surface area (TPSA) is 55.1 Å². The van der Waals surface area contributed by atoms with Crippen molar-refractivity contribution < 1.29 is 9.18 Å². The first kappa shape index (κ1) is 17.4. The molecule has 112 valence electrons. The van der Waals surface area contributed by atoms with Crippen LogP contribution in [0.2, 0.25) is 0 Å². The van der Waals surface area contributed by atoms with Crippen molar-refractivity contribution in [3.05, 3.63) is 28.5 Å². The third-order valence-corrected chi connectivity index (χ3v) is 4.25. The molecule has 0 aromatic heterocycles. The molecule has 1 saturated carbocycles. The smallest absolute Gasteiger partial charge is 0.229 e. The van der Waals surface area contributed by atoms with Crippen LogP contribution in [0.1, 0.15) is 32.6 Å². The minimum absolute atomic E-state index is 0. The van der Waals surface area contributed by atoms with Gasteiger partial charge in [0.2, 0.25) is 5.91 Å². The summed E-state index contributed by atoms with van der Waals surface area (Å²) in [5.41, 5.74) is 5.87. The van der Waals surface area contributed by atoms with Gasteiger partial charge in [0.1, 0.15) is 5.82 Å². The van der Waals surface area contributed by atoms with Crippen LogP contribution in [0.15, 0.2) is 22.7 Å². The molecule has 20 heavy (non-hydrogen) atoms. The molecule has 3 N–H and O–H groups in total. The Labute approximate surface area is 133 Å². The van der Waals surface area contributed by atoms with Gasteiger partial charge in [-0.05, 0) is 38.0 Å². The number of halogens is 3. The molecule has 0 aliphatic heterocycles. The van der Waals surface area contributed by atoms with Gasteiger partial charge < -0.3 is 11.1 Å². The average Bonchev–Trinajstić information content (AvgIpc) is 2.32. The van der Waals surface area contributed by atoms with Gasteiger partial charge in [-0.1, -0.05) is 28.8 Å². The van der Waals surface area contributed by atoms with E-state index >= 15 is 0 Å². The van der Waals surface area contributed by atoms with Crippen LogP contribution in [0.25, 0.3) is 0 Å². The fourth-order valence-corrected chi connectivity index (χ4v) is 2.93. The van der Waals surface area contributed by atoms with E-state index in [2.05, 4.69) is 21.2 Å². The standard InChI is InChI=1S/C14H18BrFN2O.ClH/c1-14(17)7-3-2-4-10(14)13(19)18-12-6-5-9(15)8-11(12)16;/h5-6,8,10H,2-4,7,17H2,1H3,(H,18,19);1H. The lowest BCUT2D eigenvalue weighted by molar-refractivity contribution is -0.122. The second kappa shape index (κ2) is 6.87. The van der Waals surface area contributed by atoms with Gasteiger partial charge in [0, 0.05) is 10.0 Å². The lowest BCUT2D eigenvalue weighted by Crippen LogP contribution is -2.51. The van der Waals surface area contributed by atoms with Crippen LogP contribution >= 0.6 is 28.3 Å². The highest BCUT2D eigenvalue weighted by Crippen LogP contribution is 2.32. The van der Waals surface area contributed by atoms with Gasteiger partial charge in [0.05, 0.1) is 11.6 Å². The first-order chi connectivity index (χ1) is 8.90. The van der Waals surface area contributed by atoms with E-state index < -0.39 is 11.4 Å². The molecule has 1 aliphatic carbocycles. The first-order valence-electron chi connectivity index (χ1n) is 6.45. The Morgan fingerprint density at radius 1 is 1.50 bits per heavy atom. The minimum atomic E-state index is -0.506. The van der Waals surface area contributed by atoms with Crippen LogP contribution in [0.5, 0.6) is 0 Å². The maximum Gasteiger partial charge on any atom is 0.229 e. The van der Waals surface area contributed by atoms with Crippen LogP contribution < -0.4 is 11.1 Å². The number of benzene rings is 1. The summed E-state index contributed by atoms with van der Waals surface area (Å²) in [4.78, 5) is 12.3. The maximum atomic E-state index is 13.7. The number of carbonyl (C=O) groups is 1. The molecule has 2 unspecified atom stereocenters. The van der Waals surface area contributed by atoms with Crippen molar-refractivity contribution in [2.24, 2.45) is 11.7 Å². The fraction of sp³-hybridized carbons (Fsp3) is 0.500. The van der Waals surface area contributed by atoms with Gasteiger partial charge in [-0.3, -0.25) is 4.79 Å². The number of nitrogens with one attached hydrogen (secondary N) is 1. The highest BCUT2D eigenvalue weighted by atomic mass is 79.9. The van der Waals surface area contributed by atoms with Gasteiger partial charge in [0.15, 0.2) is 0 Å². The van der Waals surface area contributed by atoms with Crippen LogP contribution in [0, 0.1) is 11.7 Å². The number of carbonyl (C=O) groups excluding carboxylic acids is 1. The zero-order chi connectivity index (χ0) is 14.0. The summed E-state index contributed by atoms with van der Waals surface area (Å²) >= 11 is 3.18. The highest BCUT2D eigenvalue weighted by Gasteiger charge is 2.37. The van der Waals surface area contributed by atoms with Crippen LogP contribution in [0.3, 0.4) is 0 Å². The molecule has 0 bridgehead atoms. The van der Waals surface area contributed by atoms with Gasteiger partial charge in [-0.25, -0.2) is 4.39 Å². The van der Waals surface area contributed by atoms with Gasteiger partial charge in [-0.2, -0.15) is 0 Å². The molecule has 1 amide bonds. The molecule has 2 rings (SSSR count). The largest absolute Gasteiger partial charge is 0.325 e. The van der Waals surface area contributed by atoms with Gasteiger partial charge in [-0.15, -0.1) is 12.4 Å². The quantitative estimate of drug-likeness (QED) is 0.836. The third kappa shape index (κ3) is 3.93. The van der Waals surface area contributed by atoms with E-state index in [-0.39, 0.29) is 29.9 Å². The summed E-state index contributed by atoms with van der Waals surface area (Å²) in [7, 11) is 0. The van der Waals surface area contributed by atoms with Crippen LogP contribution in [-0.4, -0.2) is 11.4 Å². The number of nitrogens with two attached hydrogens (primary N) is 1. The Morgan fingerprint density at radius 3 is 2.80 bits per heavy atom. The number of anilines is 1. The zero-order valence-electron chi connectivity index (χ0n) is 11.3. The van der Waals surface area contributed by atoms with E-state index in [1.54, 1.807) is 12.1 Å². The lowest BCUT2D eigenvalue weighted by atomic mass is 9.74. The highest BCUT2D eigenvalue weighted by molar-refractivity contribution is 9.10. The summed E-state index contributed by atoms with van der Waals surface area (Å²) < 4.78 is 14.3. The minimum Gasteiger partial charge on any atom is -0.325 e. The van der Waals surface area contributed by atoms with Crippen molar-refractivity contribution in [1.82, 2.24) is 0 Å². The summed E-state index contributed by atoms with van der Waals surface area (Å²) in [6.07, 6.45) is 3.63. The van der Waals surface area contributed by atoms with Crippen molar-refractivity contribution in [3.8, 4) is 0 Å². The Balaban J connectivity index is 0.00000200. The lowest BCUT2D eigenvalue weighted by Gasteiger charge is -2.37. The predicted octanol–water partition coefficient (Wildman–Crippen LogP) is 3.86. The predicted molar refractivity (Wildman–Crippen MR) is 84.5 cm³/mol. The van der Waals surface area contributed by atoms with E-state index in [1.807, 2.05) is 6.92 Å². The Hall–Kier alpha value is -0.650. The molecule has 0 saturated heterocycles. The van der Waals surface area contributed by atoms with Gasteiger partial charge >= 0.3 is 0 Å². The normalized spacial score (nSPS) is 25.7. The van der Waals surface area contributed by atoms with Crippen LogP contribution in [-0.2, 0) is 4.79 Å². The molecular weight excluding hydrogens is 347 g/mol.